The number of benzene rings is 1. The molecule has 0 fully saturated rings. The zero-order valence-corrected chi connectivity index (χ0v) is 10.2. The summed E-state index contributed by atoms with van der Waals surface area (Å²) in [6.45, 7) is 0. The molecule has 0 saturated heterocycles. The number of aromatic nitrogens is 1. The predicted molar refractivity (Wildman–Crippen MR) is 71.6 cm³/mol. The molecular weight excluding hydrogens is 230 g/mol. The number of hydrogen-bond donors (Lipinski definition) is 0. The van der Waals surface area contributed by atoms with Gasteiger partial charge in [0.15, 0.2) is 0 Å². The first-order valence-corrected chi connectivity index (χ1v) is 6.24. The maximum atomic E-state index is 5.32. The van der Waals surface area contributed by atoms with Crippen molar-refractivity contribution in [3.05, 3.63) is 47.8 Å². The van der Waals surface area contributed by atoms with Crippen molar-refractivity contribution in [3.8, 4) is 16.3 Å². The molecule has 0 bridgehead atoms. The van der Waals surface area contributed by atoms with Crippen LogP contribution in [0.15, 0.2) is 47.8 Å². The number of ether oxygens (including phenoxy) is 1. The zero-order chi connectivity index (χ0) is 11.7. The van der Waals surface area contributed by atoms with Gasteiger partial charge in [-0.3, -0.25) is 0 Å². The Morgan fingerprint density at radius 3 is 2.82 bits per heavy atom. The van der Waals surface area contributed by atoms with Crippen LogP contribution in [0.3, 0.4) is 0 Å². The fraction of sp³-hybridized carbons (Fsp3) is 0.0714. The van der Waals surface area contributed by atoms with Crippen molar-refractivity contribution in [3.63, 3.8) is 0 Å². The zero-order valence-electron chi connectivity index (χ0n) is 9.38. The Kier molecular flexibility index (Phi) is 2.53. The van der Waals surface area contributed by atoms with Gasteiger partial charge in [-0.2, -0.15) is 0 Å². The van der Waals surface area contributed by atoms with Gasteiger partial charge in [0, 0.05) is 5.39 Å². The number of rotatable bonds is 2. The highest BCUT2D eigenvalue weighted by Gasteiger charge is 2.08. The first kappa shape index (κ1) is 10.3. The van der Waals surface area contributed by atoms with E-state index in [9.17, 15) is 0 Å². The lowest BCUT2D eigenvalue weighted by Gasteiger charge is -2.03. The van der Waals surface area contributed by atoms with Gasteiger partial charge in [-0.1, -0.05) is 24.3 Å². The summed E-state index contributed by atoms with van der Waals surface area (Å²) >= 11 is 1.65. The molecule has 0 atom stereocenters. The van der Waals surface area contributed by atoms with E-state index in [-0.39, 0.29) is 0 Å². The smallest absolute Gasteiger partial charge is 0.139 e. The third-order valence-corrected chi connectivity index (χ3v) is 3.60. The van der Waals surface area contributed by atoms with Gasteiger partial charge >= 0.3 is 0 Å². The molecule has 17 heavy (non-hydrogen) atoms. The van der Waals surface area contributed by atoms with Crippen LogP contribution in [0.5, 0.6) is 5.75 Å². The highest BCUT2D eigenvalue weighted by atomic mass is 32.1. The Balaban J connectivity index is 2.18. The molecule has 3 aromatic rings. The summed E-state index contributed by atoms with van der Waals surface area (Å²) in [7, 11) is 1.69. The average Bonchev–Trinajstić information content (AvgIpc) is 2.86. The normalized spacial score (nSPS) is 10.6. The van der Waals surface area contributed by atoms with Crippen LogP contribution >= 0.6 is 11.3 Å². The van der Waals surface area contributed by atoms with E-state index in [0.29, 0.717) is 0 Å². The van der Waals surface area contributed by atoms with E-state index < -0.39 is 0 Å². The summed E-state index contributed by atoms with van der Waals surface area (Å²) in [5, 5.41) is 3.18. The monoisotopic (exact) mass is 241 g/mol. The Bertz CT molecular complexity index is 660. The molecule has 0 saturated carbocycles. The minimum absolute atomic E-state index is 0.887. The minimum Gasteiger partial charge on any atom is -0.495 e. The molecule has 0 aliphatic heterocycles. The number of methoxy groups -OCH3 is 1. The molecule has 0 radical (unpaired) electrons. The van der Waals surface area contributed by atoms with Crippen LogP contribution in [0.2, 0.25) is 0 Å². The SMILES string of the molecule is COc1ccsc1-c1ccc2ccccc2n1. The summed E-state index contributed by atoms with van der Waals surface area (Å²) in [6.07, 6.45) is 0. The van der Waals surface area contributed by atoms with Crippen LogP contribution < -0.4 is 4.74 Å². The van der Waals surface area contributed by atoms with Gasteiger partial charge in [-0.25, -0.2) is 4.98 Å². The number of fused-ring (bicyclic) bond motifs is 1. The molecule has 1 aromatic carbocycles. The van der Waals surface area contributed by atoms with Crippen LogP contribution in [0.4, 0.5) is 0 Å². The number of thiophene rings is 1. The van der Waals surface area contributed by atoms with Crippen molar-refractivity contribution in [2.24, 2.45) is 0 Å². The highest BCUT2D eigenvalue weighted by Crippen LogP contribution is 2.34. The maximum absolute atomic E-state index is 5.32. The van der Waals surface area contributed by atoms with Gasteiger partial charge in [-0.15, -0.1) is 11.3 Å². The predicted octanol–water partition coefficient (Wildman–Crippen LogP) is 3.97. The molecule has 0 spiro atoms. The topological polar surface area (TPSA) is 22.1 Å². The molecule has 0 amide bonds. The Hall–Kier alpha value is -1.87. The summed E-state index contributed by atoms with van der Waals surface area (Å²) in [5.41, 5.74) is 1.98. The fourth-order valence-corrected chi connectivity index (χ4v) is 2.67. The van der Waals surface area contributed by atoms with Crippen molar-refractivity contribution in [2.45, 2.75) is 0 Å². The van der Waals surface area contributed by atoms with Crippen LogP contribution in [0.25, 0.3) is 21.5 Å². The number of nitrogens with zero attached hydrogens (tertiary/aromatic N) is 1. The molecule has 3 rings (SSSR count). The van der Waals surface area contributed by atoms with Crippen LogP contribution in [0, 0.1) is 0 Å². The van der Waals surface area contributed by atoms with E-state index in [1.165, 1.54) is 0 Å². The standard InChI is InChI=1S/C14H11NOS/c1-16-13-8-9-17-14(13)12-7-6-10-4-2-3-5-11(10)15-12/h2-9H,1H3. The lowest BCUT2D eigenvalue weighted by Crippen LogP contribution is -1.86. The first-order valence-electron chi connectivity index (χ1n) is 5.36. The number of pyridine rings is 1. The van der Waals surface area contributed by atoms with Gasteiger partial charge in [0.05, 0.1) is 23.2 Å². The second-order valence-corrected chi connectivity index (χ2v) is 4.62. The van der Waals surface area contributed by atoms with E-state index in [4.69, 9.17) is 4.74 Å². The van der Waals surface area contributed by atoms with Gasteiger partial charge in [0.1, 0.15) is 5.75 Å². The highest BCUT2D eigenvalue weighted by molar-refractivity contribution is 7.14. The largest absolute Gasteiger partial charge is 0.495 e. The minimum atomic E-state index is 0.887. The van der Waals surface area contributed by atoms with Crippen molar-refractivity contribution < 1.29 is 4.74 Å². The second kappa shape index (κ2) is 4.18. The molecule has 2 aromatic heterocycles. The Morgan fingerprint density at radius 1 is 1.06 bits per heavy atom. The lowest BCUT2D eigenvalue weighted by atomic mass is 10.2. The van der Waals surface area contributed by atoms with Crippen LogP contribution in [-0.2, 0) is 0 Å². The van der Waals surface area contributed by atoms with Crippen molar-refractivity contribution >= 4 is 22.2 Å². The van der Waals surface area contributed by atoms with Gasteiger partial charge < -0.3 is 4.74 Å². The lowest BCUT2D eigenvalue weighted by molar-refractivity contribution is 0.418. The number of hydrogen-bond acceptors (Lipinski definition) is 3. The van der Waals surface area contributed by atoms with Crippen LogP contribution in [-0.4, -0.2) is 12.1 Å². The van der Waals surface area contributed by atoms with E-state index in [2.05, 4.69) is 17.1 Å². The molecule has 0 unspecified atom stereocenters. The van der Waals surface area contributed by atoms with E-state index in [1.807, 2.05) is 35.7 Å². The number of para-hydroxylation sites is 1. The first-order chi connectivity index (χ1) is 8.38. The molecule has 0 aliphatic rings. The summed E-state index contributed by atoms with van der Waals surface area (Å²) in [4.78, 5) is 5.74. The fourth-order valence-electron chi connectivity index (χ4n) is 1.84. The van der Waals surface area contributed by atoms with Crippen molar-refractivity contribution in [1.82, 2.24) is 4.98 Å². The molecule has 0 aliphatic carbocycles. The van der Waals surface area contributed by atoms with Crippen LogP contribution in [0.1, 0.15) is 0 Å². The molecule has 0 N–H and O–H groups in total. The maximum Gasteiger partial charge on any atom is 0.139 e. The molecular formula is C14H11NOS. The molecule has 84 valence electrons. The summed E-state index contributed by atoms with van der Waals surface area (Å²) in [6, 6.07) is 14.2. The third-order valence-electron chi connectivity index (χ3n) is 2.68. The summed E-state index contributed by atoms with van der Waals surface area (Å²) in [5.74, 6) is 0.887. The van der Waals surface area contributed by atoms with Crippen molar-refractivity contribution in [1.29, 1.82) is 0 Å². The average molecular weight is 241 g/mol. The van der Waals surface area contributed by atoms with E-state index in [0.717, 1.165) is 27.2 Å². The summed E-state index contributed by atoms with van der Waals surface area (Å²) < 4.78 is 5.32. The van der Waals surface area contributed by atoms with Gasteiger partial charge in [0.2, 0.25) is 0 Å². The quantitative estimate of drug-likeness (QED) is 0.677. The second-order valence-electron chi connectivity index (χ2n) is 3.71. The van der Waals surface area contributed by atoms with Crippen molar-refractivity contribution in [2.75, 3.05) is 7.11 Å². The molecule has 2 nitrogen and oxygen atoms in total. The Morgan fingerprint density at radius 2 is 1.94 bits per heavy atom. The van der Waals surface area contributed by atoms with Gasteiger partial charge in [-0.05, 0) is 23.6 Å². The Labute approximate surface area is 104 Å². The van der Waals surface area contributed by atoms with E-state index >= 15 is 0 Å². The van der Waals surface area contributed by atoms with E-state index in [1.54, 1.807) is 18.4 Å². The molecule has 2 heterocycles. The molecule has 3 heteroatoms. The third kappa shape index (κ3) is 1.78. The van der Waals surface area contributed by atoms with Gasteiger partial charge in [0.25, 0.3) is 0 Å².